The highest BCUT2D eigenvalue weighted by Crippen LogP contribution is 2.70. The van der Waals surface area contributed by atoms with Crippen LogP contribution in [0.3, 0.4) is 0 Å². The first kappa shape index (κ1) is 14.6. The summed E-state index contributed by atoms with van der Waals surface area (Å²) in [7, 11) is 0. The van der Waals surface area contributed by atoms with Crippen LogP contribution in [0.5, 0.6) is 0 Å². The standard InChI is InChI=1S/C20H25N3O/c24-19(17-13-15-4-5-18(17)20(15)6-7-20)23-11-9-22(10-12-23)14-16-3-1-2-8-21-16/h1-5,8,15,17-18H,6-7,9-14H2/t15-,17+,18-/m1/s1. The molecule has 1 saturated heterocycles. The van der Waals surface area contributed by atoms with Crippen LogP contribution in [-0.4, -0.2) is 46.9 Å². The Balaban J connectivity index is 1.19. The monoisotopic (exact) mass is 323 g/mol. The fourth-order valence-corrected chi connectivity index (χ4v) is 5.34. The van der Waals surface area contributed by atoms with Crippen LogP contribution in [0.2, 0.25) is 0 Å². The van der Waals surface area contributed by atoms with E-state index in [4.69, 9.17) is 0 Å². The van der Waals surface area contributed by atoms with E-state index in [1.165, 1.54) is 12.8 Å². The van der Waals surface area contributed by atoms with Gasteiger partial charge in [-0.1, -0.05) is 18.2 Å². The highest BCUT2D eigenvalue weighted by molar-refractivity contribution is 5.80. The molecule has 3 atom stereocenters. The molecule has 4 aliphatic rings. The number of pyridine rings is 1. The van der Waals surface area contributed by atoms with Gasteiger partial charge in [-0.25, -0.2) is 0 Å². The zero-order valence-corrected chi connectivity index (χ0v) is 14.1. The van der Waals surface area contributed by atoms with Crippen molar-refractivity contribution in [2.24, 2.45) is 23.2 Å². The summed E-state index contributed by atoms with van der Waals surface area (Å²) in [6.07, 6.45) is 10.4. The first-order valence-electron chi connectivity index (χ1n) is 9.36. The Morgan fingerprint density at radius 1 is 1.17 bits per heavy atom. The molecule has 4 heteroatoms. The predicted octanol–water partition coefficient (Wildman–Crippen LogP) is 2.33. The van der Waals surface area contributed by atoms with Crippen LogP contribution in [-0.2, 0) is 11.3 Å². The zero-order valence-electron chi connectivity index (χ0n) is 14.1. The Hall–Kier alpha value is -1.68. The number of carbonyl (C=O) groups excluding carboxylic acids is 1. The number of nitrogens with zero attached hydrogens (tertiary/aromatic N) is 3. The van der Waals surface area contributed by atoms with Gasteiger partial charge in [-0.15, -0.1) is 0 Å². The summed E-state index contributed by atoms with van der Waals surface area (Å²) in [4.78, 5) is 22.0. The van der Waals surface area contributed by atoms with E-state index in [1.54, 1.807) is 0 Å². The van der Waals surface area contributed by atoms with Crippen LogP contribution in [0.1, 0.15) is 25.0 Å². The number of allylic oxidation sites excluding steroid dienone is 2. The van der Waals surface area contributed by atoms with Gasteiger partial charge in [-0.05, 0) is 48.6 Å². The Morgan fingerprint density at radius 3 is 2.67 bits per heavy atom. The molecule has 2 bridgehead atoms. The van der Waals surface area contributed by atoms with Crippen LogP contribution < -0.4 is 0 Å². The van der Waals surface area contributed by atoms with Gasteiger partial charge in [-0.3, -0.25) is 14.7 Å². The normalized spacial score (nSPS) is 33.3. The quantitative estimate of drug-likeness (QED) is 0.801. The molecule has 1 aliphatic heterocycles. The number of aromatic nitrogens is 1. The Bertz CT molecular complexity index is 659. The third-order valence-electron chi connectivity index (χ3n) is 6.83. The van der Waals surface area contributed by atoms with Crippen molar-refractivity contribution < 1.29 is 4.79 Å². The maximum Gasteiger partial charge on any atom is 0.226 e. The molecule has 0 N–H and O–H groups in total. The molecule has 1 aromatic rings. The fourth-order valence-electron chi connectivity index (χ4n) is 5.34. The number of rotatable bonds is 3. The summed E-state index contributed by atoms with van der Waals surface area (Å²) in [5.41, 5.74) is 1.63. The number of amides is 1. The first-order valence-corrected chi connectivity index (χ1v) is 9.36. The van der Waals surface area contributed by atoms with Gasteiger partial charge < -0.3 is 4.90 Å². The third-order valence-corrected chi connectivity index (χ3v) is 6.83. The van der Waals surface area contributed by atoms with Crippen molar-refractivity contribution in [1.29, 1.82) is 0 Å². The van der Waals surface area contributed by atoms with Crippen molar-refractivity contribution in [3.8, 4) is 0 Å². The van der Waals surface area contributed by atoms with Gasteiger partial charge in [0, 0.05) is 44.8 Å². The highest BCUT2D eigenvalue weighted by Gasteiger charge is 2.64. The second-order valence-electron chi connectivity index (χ2n) is 8.02. The van der Waals surface area contributed by atoms with Gasteiger partial charge in [-0.2, -0.15) is 0 Å². The van der Waals surface area contributed by atoms with Crippen LogP contribution in [0.15, 0.2) is 36.5 Å². The minimum atomic E-state index is 0.268. The first-order chi connectivity index (χ1) is 11.8. The fraction of sp³-hybridized carbons (Fsp3) is 0.600. The van der Waals surface area contributed by atoms with Crippen molar-refractivity contribution >= 4 is 5.91 Å². The lowest BCUT2D eigenvalue weighted by molar-refractivity contribution is -0.138. The van der Waals surface area contributed by atoms with E-state index in [9.17, 15) is 4.79 Å². The molecule has 24 heavy (non-hydrogen) atoms. The smallest absolute Gasteiger partial charge is 0.226 e. The van der Waals surface area contributed by atoms with Crippen LogP contribution >= 0.6 is 0 Å². The molecule has 1 spiro atoms. The van der Waals surface area contributed by atoms with E-state index in [-0.39, 0.29) is 5.92 Å². The molecule has 3 aliphatic carbocycles. The number of piperazine rings is 1. The van der Waals surface area contributed by atoms with E-state index in [0.717, 1.165) is 44.8 Å². The van der Waals surface area contributed by atoms with Crippen molar-refractivity contribution in [3.63, 3.8) is 0 Å². The lowest BCUT2D eigenvalue weighted by Crippen LogP contribution is -2.50. The molecule has 0 unspecified atom stereocenters. The third kappa shape index (κ3) is 2.23. The summed E-state index contributed by atoms with van der Waals surface area (Å²) in [5, 5.41) is 0. The number of hydrogen-bond donors (Lipinski definition) is 0. The largest absolute Gasteiger partial charge is 0.340 e. The second-order valence-corrected chi connectivity index (χ2v) is 8.02. The number of carbonyl (C=O) groups is 1. The molecular weight excluding hydrogens is 298 g/mol. The van der Waals surface area contributed by atoms with E-state index in [0.29, 0.717) is 23.2 Å². The van der Waals surface area contributed by atoms with Gasteiger partial charge >= 0.3 is 0 Å². The summed E-state index contributed by atoms with van der Waals surface area (Å²) in [5.74, 6) is 1.93. The summed E-state index contributed by atoms with van der Waals surface area (Å²) in [6, 6.07) is 6.07. The lowest BCUT2D eigenvalue weighted by Gasteiger charge is -2.36. The second kappa shape index (κ2) is 5.41. The molecule has 0 radical (unpaired) electrons. The topological polar surface area (TPSA) is 36.4 Å². The van der Waals surface area contributed by atoms with Crippen molar-refractivity contribution in [1.82, 2.24) is 14.8 Å². The highest BCUT2D eigenvalue weighted by atomic mass is 16.2. The van der Waals surface area contributed by atoms with E-state index in [1.807, 2.05) is 18.3 Å². The van der Waals surface area contributed by atoms with E-state index < -0.39 is 0 Å². The van der Waals surface area contributed by atoms with Gasteiger partial charge in [0.1, 0.15) is 0 Å². The number of hydrogen-bond acceptors (Lipinski definition) is 3. The molecule has 2 saturated carbocycles. The minimum absolute atomic E-state index is 0.268. The molecular formula is C20H25N3O. The minimum Gasteiger partial charge on any atom is -0.340 e. The molecule has 3 fully saturated rings. The van der Waals surface area contributed by atoms with E-state index >= 15 is 0 Å². The zero-order chi connectivity index (χ0) is 16.1. The summed E-state index contributed by atoms with van der Waals surface area (Å²) < 4.78 is 0. The molecule has 126 valence electrons. The van der Waals surface area contributed by atoms with Gasteiger partial charge in [0.2, 0.25) is 5.91 Å². The van der Waals surface area contributed by atoms with Gasteiger partial charge in [0.15, 0.2) is 0 Å². The maximum absolute atomic E-state index is 13.0. The Labute approximate surface area is 143 Å². The Kier molecular flexibility index (Phi) is 3.30. The Morgan fingerprint density at radius 2 is 2.00 bits per heavy atom. The average Bonchev–Trinajstić information content (AvgIpc) is 3.29. The van der Waals surface area contributed by atoms with Crippen LogP contribution in [0.4, 0.5) is 0 Å². The van der Waals surface area contributed by atoms with Crippen LogP contribution in [0, 0.1) is 23.2 Å². The molecule has 1 amide bonds. The molecule has 1 aromatic heterocycles. The molecule has 2 heterocycles. The van der Waals surface area contributed by atoms with Crippen molar-refractivity contribution in [2.45, 2.75) is 25.8 Å². The van der Waals surface area contributed by atoms with Crippen molar-refractivity contribution in [3.05, 3.63) is 42.2 Å². The average molecular weight is 323 g/mol. The van der Waals surface area contributed by atoms with E-state index in [2.05, 4.69) is 33.0 Å². The predicted molar refractivity (Wildman–Crippen MR) is 92.0 cm³/mol. The summed E-state index contributed by atoms with van der Waals surface area (Å²) in [6.45, 7) is 4.56. The van der Waals surface area contributed by atoms with Gasteiger partial charge in [0.05, 0.1) is 5.69 Å². The maximum atomic E-state index is 13.0. The van der Waals surface area contributed by atoms with Crippen LogP contribution in [0.25, 0.3) is 0 Å². The molecule has 4 nitrogen and oxygen atoms in total. The molecule has 5 rings (SSSR count). The SMILES string of the molecule is O=C([C@H]1C[C@H]2C=C[C@H]1C21CC1)N1CCN(Cc2ccccn2)CC1. The van der Waals surface area contributed by atoms with Gasteiger partial charge in [0.25, 0.3) is 0 Å². The van der Waals surface area contributed by atoms with Crippen molar-refractivity contribution in [2.75, 3.05) is 26.2 Å². The summed E-state index contributed by atoms with van der Waals surface area (Å²) >= 11 is 0. The molecule has 0 aromatic carbocycles. The lowest BCUT2D eigenvalue weighted by atomic mass is 9.88.